The summed E-state index contributed by atoms with van der Waals surface area (Å²) in [7, 11) is 0. The van der Waals surface area contributed by atoms with E-state index in [0.29, 0.717) is 6.07 Å². The van der Waals surface area contributed by atoms with E-state index in [0.717, 1.165) is 33.9 Å². The van der Waals surface area contributed by atoms with Crippen molar-refractivity contribution in [3.63, 3.8) is 0 Å². The molecule has 0 fully saturated rings. The van der Waals surface area contributed by atoms with Crippen molar-refractivity contribution in [1.29, 1.82) is 0 Å². The maximum absolute atomic E-state index is 12.7. The number of hydrogen-bond acceptors (Lipinski definition) is 2. The molecule has 1 aliphatic rings. The summed E-state index contributed by atoms with van der Waals surface area (Å²) in [5.41, 5.74) is 2.09. The van der Waals surface area contributed by atoms with Crippen molar-refractivity contribution in [3.8, 4) is 11.1 Å². The van der Waals surface area contributed by atoms with Crippen molar-refractivity contribution in [3.05, 3.63) is 92.9 Å². The van der Waals surface area contributed by atoms with Gasteiger partial charge in [0.2, 0.25) is 0 Å². The molecule has 3 aromatic rings. The molecule has 4 rings (SSSR count). The zero-order valence-electron chi connectivity index (χ0n) is 14.7. The minimum absolute atomic E-state index is 0.369. The van der Waals surface area contributed by atoms with E-state index < -0.39 is 29.4 Å². The van der Waals surface area contributed by atoms with Gasteiger partial charge in [-0.2, -0.15) is 13.2 Å². The number of aromatic nitrogens is 1. The minimum Gasteiger partial charge on any atom is -0.341 e. The third kappa shape index (κ3) is 2.98. The monoisotopic (exact) mass is 384 g/mol. The standard InChI is InChI=1S/C21H15F3N2O2/c1-11-6-7-13-12-4-2-3-5-14(12)18(16(13)10-11)26-20(28)15-8-9-17(21(22,23)24)25-19(15)27/h2-10,18H,1H3,(H,25,27)(H,26,28). The molecule has 4 nitrogen and oxygen atoms in total. The summed E-state index contributed by atoms with van der Waals surface area (Å²) >= 11 is 0. The van der Waals surface area contributed by atoms with E-state index in [9.17, 15) is 22.8 Å². The predicted octanol–water partition coefficient (Wildman–Crippen LogP) is 4.20. The van der Waals surface area contributed by atoms with Gasteiger partial charge in [0.05, 0.1) is 6.04 Å². The number of carbonyl (C=O) groups is 1. The largest absolute Gasteiger partial charge is 0.431 e. The number of rotatable bonds is 2. The number of amides is 1. The average Bonchev–Trinajstić information content (AvgIpc) is 2.94. The normalized spacial score (nSPS) is 15.1. The van der Waals surface area contributed by atoms with Crippen LogP contribution in [0.4, 0.5) is 13.2 Å². The van der Waals surface area contributed by atoms with Crippen LogP contribution in [0.5, 0.6) is 0 Å². The van der Waals surface area contributed by atoms with Gasteiger partial charge in [-0.15, -0.1) is 0 Å². The minimum atomic E-state index is -4.69. The number of aromatic amines is 1. The molecular weight excluding hydrogens is 369 g/mol. The molecule has 1 amide bonds. The number of H-pyrrole nitrogens is 1. The molecular formula is C21H15F3N2O2. The van der Waals surface area contributed by atoms with Gasteiger partial charge in [0.25, 0.3) is 11.5 Å². The van der Waals surface area contributed by atoms with Gasteiger partial charge in [-0.1, -0.05) is 48.0 Å². The van der Waals surface area contributed by atoms with Crippen LogP contribution < -0.4 is 10.9 Å². The predicted molar refractivity (Wildman–Crippen MR) is 98.0 cm³/mol. The highest BCUT2D eigenvalue weighted by Crippen LogP contribution is 2.43. The van der Waals surface area contributed by atoms with Crippen LogP contribution in [0.2, 0.25) is 0 Å². The lowest BCUT2D eigenvalue weighted by molar-refractivity contribution is -0.141. The molecule has 0 saturated heterocycles. The molecule has 1 aromatic heterocycles. The number of hydrogen-bond donors (Lipinski definition) is 2. The molecule has 1 unspecified atom stereocenters. The molecule has 1 heterocycles. The van der Waals surface area contributed by atoms with Crippen molar-refractivity contribution in [2.24, 2.45) is 0 Å². The molecule has 2 N–H and O–H groups in total. The van der Waals surface area contributed by atoms with E-state index in [1.165, 1.54) is 0 Å². The van der Waals surface area contributed by atoms with Crippen molar-refractivity contribution in [1.82, 2.24) is 10.3 Å². The summed E-state index contributed by atoms with van der Waals surface area (Å²) < 4.78 is 38.2. The molecule has 142 valence electrons. The first-order chi connectivity index (χ1) is 13.3. The van der Waals surface area contributed by atoms with Crippen molar-refractivity contribution in [2.45, 2.75) is 19.1 Å². The van der Waals surface area contributed by atoms with E-state index in [1.807, 2.05) is 49.4 Å². The molecule has 0 saturated carbocycles. The number of alkyl halides is 3. The molecule has 7 heteroatoms. The third-order valence-electron chi connectivity index (χ3n) is 4.81. The number of halogens is 3. The van der Waals surface area contributed by atoms with E-state index in [1.54, 1.807) is 4.98 Å². The lowest BCUT2D eigenvalue weighted by atomic mass is 10.0. The second-order valence-electron chi connectivity index (χ2n) is 6.70. The Labute approximate surface area is 158 Å². The van der Waals surface area contributed by atoms with E-state index in [4.69, 9.17) is 0 Å². The van der Waals surface area contributed by atoms with Crippen molar-refractivity contribution in [2.75, 3.05) is 0 Å². The van der Waals surface area contributed by atoms with E-state index in [2.05, 4.69) is 5.32 Å². The van der Waals surface area contributed by atoms with Crippen LogP contribution in [0.1, 0.15) is 38.8 Å². The van der Waals surface area contributed by atoms with Gasteiger partial charge in [0.1, 0.15) is 11.3 Å². The van der Waals surface area contributed by atoms with Crippen LogP contribution in [0, 0.1) is 6.92 Å². The highest BCUT2D eigenvalue weighted by atomic mass is 19.4. The fraction of sp³-hybridized carbons (Fsp3) is 0.143. The summed E-state index contributed by atoms with van der Waals surface area (Å²) in [6, 6.07) is 14.6. The Morgan fingerprint density at radius 1 is 1.00 bits per heavy atom. The van der Waals surface area contributed by atoms with Crippen LogP contribution in [0.15, 0.2) is 59.4 Å². The van der Waals surface area contributed by atoms with E-state index in [-0.39, 0.29) is 5.56 Å². The van der Waals surface area contributed by atoms with Crippen molar-refractivity contribution < 1.29 is 18.0 Å². The number of pyridine rings is 1. The number of benzene rings is 2. The Balaban J connectivity index is 1.71. The van der Waals surface area contributed by atoms with Gasteiger partial charge in [0, 0.05) is 0 Å². The molecule has 0 aliphatic heterocycles. The molecule has 1 aliphatic carbocycles. The van der Waals surface area contributed by atoms with Crippen LogP contribution in [-0.2, 0) is 6.18 Å². The summed E-state index contributed by atoms with van der Waals surface area (Å²) in [4.78, 5) is 26.4. The maximum atomic E-state index is 12.7. The topological polar surface area (TPSA) is 62.0 Å². The lowest BCUT2D eigenvalue weighted by Gasteiger charge is -2.16. The molecule has 1 atom stereocenters. The Bertz CT molecular complexity index is 1150. The summed E-state index contributed by atoms with van der Waals surface area (Å²) in [5, 5.41) is 2.79. The second kappa shape index (κ2) is 6.37. The average molecular weight is 384 g/mol. The number of nitrogens with one attached hydrogen (secondary N) is 2. The molecule has 0 radical (unpaired) electrons. The number of aryl methyl sites for hydroxylation is 1. The zero-order chi connectivity index (χ0) is 20.1. The Kier molecular flexibility index (Phi) is 4.10. The quantitative estimate of drug-likeness (QED) is 0.696. The third-order valence-corrected chi connectivity index (χ3v) is 4.81. The van der Waals surface area contributed by atoms with Gasteiger partial charge in [-0.3, -0.25) is 9.59 Å². The van der Waals surface area contributed by atoms with Gasteiger partial charge in [0.15, 0.2) is 0 Å². The zero-order valence-corrected chi connectivity index (χ0v) is 14.7. The van der Waals surface area contributed by atoms with Crippen molar-refractivity contribution >= 4 is 5.91 Å². The molecule has 2 aromatic carbocycles. The fourth-order valence-electron chi connectivity index (χ4n) is 3.51. The molecule has 0 bridgehead atoms. The van der Waals surface area contributed by atoms with Gasteiger partial charge in [-0.25, -0.2) is 0 Å². The maximum Gasteiger partial charge on any atom is 0.431 e. The van der Waals surface area contributed by atoms with Crippen LogP contribution in [-0.4, -0.2) is 10.9 Å². The van der Waals surface area contributed by atoms with Crippen LogP contribution >= 0.6 is 0 Å². The summed E-state index contributed by atoms with van der Waals surface area (Å²) in [6.45, 7) is 1.93. The lowest BCUT2D eigenvalue weighted by Crippen LogP contribution is -2.33. The Hall–Kier alpha value is -3.35. The molecule has 0 spiro atoms. The van der Waals surface area contributed by atoms with Gasteiger partial charge in [-0.05, 0) is 41.3 Å². The first kappa shape index (κ1) is 18.0. The van der Waals surface area contributed by atoms with Crippen LogP contribution in [0.3, 0.4) is 0 Å². The molecule has 28 heavy (non-hydrogen) atoms. The summed E-state index contributed by atoms with van der Waals surface area (Å²) in [6.07, 6.45) is -4.69. The highest BCUT2D eigenvalue weighted by molar-refractivity contribution is 5.95. The Morgan fingerprint density at radius 2 is 1.71 bits per heavy atom. The SMILES string of the molecule is Cc1ccc2c(c1)C(NC(=O)c1ccc(C(F)(F)F)[nH]c1=O)c1ccccc1-2. The number of carbonyl (C=O) groups excluding carboxylic acids is 1. The number of fused-ring (bicyclic) bond motifs is 3. The highest BCUT2D eigenvalue weighted by Gasteiger charge is 2.33. The van der Waals surface area contributed by atoms with Crippen LogP contribution in [0.25, 0.3) is 11.1 Å². The smallest absolute Gasteiger partial charge is 0.341 e. The van der Waals surface area contributed by atoms with E-state index >= 15 is 0 Å². The first-order valence-electron chi connectivity index (χ1n) is 8.57. The second-order valence-corrected chi connectivity index (χ2v) is 6.70. The fourth-order valence-corrected chi connectivity index (χ4v) is 3.51. The van der Waals surface area contributed by atoms with Gasteiger partial charge >= 0.3 is 6.18 Å². The summed E-state index contributed by atoms with van der Waals surface area (Å²) in [5.74, 6) is -0.732. The Morgan fingerprint density at radius 3 is 2.43 bits per heavy atom. The van der Waals surface area contributed by atoms with Gasteiger partial charge < -0.3 is 10.3 Å². The first-order valence-corrected chi connectivity index (χ1v) is 8.57.